The van der Waals surface area contributed by atoms with Crippen LogP contribution in [0.15, 0.2) is 18.2 Å². The Hall–Kier alpha value is -1.42. The van der Waals surface area contributed by atoms with E-state index in [9.17, 15) is 0 Å². The molecule has 0 bridgehead atoms. The van der Waals surface area contributed by atoms with E-state index >= 15 is 0 Å². The van der Waals surface area contributed by atoms with Crippen LogP contribution in [0.5, 0.6) is 11.5 Å². The van der Waals surface area contributed by atoms with Gasteiger partial charge in [0.15, 0.2) is 11.5 Å². The lowest BCUT2D eigenvalue weighted by atomic mass is 10.3. The number of rotatable bonds is 6. The molecule has 0 heterocycles. The molecule has 3 N–H and O–H groups in total. The quantitative estimate of drug-likeness (QED) is 0.570. The zero-order valence-corrected chi connectivity index (χ0v) is 10.1. The average molecular weight is 224 g/mol. The summed E-state index contributed by atoms with van der Waals surface area (Å²) in [5.74, 6) is 1.40. The highest BCUT2D eigenvalue weighted by atomic mass is 16.5. The molecule has 0 unspecified atom stereocenters. The molecule has 0 aliphatic heterocycles. The first-order valence-corrected chi connectivity index (χ1v) is 5.43. The van der Waals surface area contributed by atoms with Crippen molar-refractivity contribution in [3.05, 3.63) is 18.2 Å². The lowest BCUT2D eigenvalue weighted by Gasteiger charge is -2.12. The maximum Gasteiger partial charge on any atom is 0.162 e. The zero-order chi connectivity index (χ0) is 12.0. The molecule has 4 heteroatoms. The fraction of sp³-hybridized carbons (Fsp3) is 0.500. The first kappa shape index (κ1) is 12.6. The molecule has 1 aromatic rings. The van der Waals surface area contributed by atoms with Gasteiger partial charge in [-0.1, -0.05) is 13.8 Å². The van der Waals surface area contributed by atoms with Gasteiger partial charge in [0.05, 0.1) is 7.11 Å². The Morgan fingerprint density at radius 1 is 1.31 bits per heavy atom. The Kier molecular flexibility index (Phi) is 4.92. The summed E-state index contributed by atoms with van der Waals surface area (Å²) in [5, 5.41) is 3.27. The van der Waals surface area contributed by atoms with E-state index in [0.717, 1.165) is 12.3 Å². The minimum Gasteiger partial charge on any atom is -0.493 e. The fourth-order valence-electron chi connectivity index (χ4n) is 1.31. The van der Waals surface area contributed by atoms with Gasteiger partial charge in [-0.15, -0.1) is 0 Å². The number of anilines is 1. The highest BCUT2D eigenvalue weighted by Crippen LogP contribution is 2.28. The number of hydrogen-bond acceptors (Lipinski definition) is 4. The Bertz CT molecular complexity index is 327. The van der Waals surface area contributed by atoms with Crippen molar-refractivity contribution >= 4 is 5.69 Å². The SMILES string of the molecule is COc1cc(N)ccc1OCCNC(C)C. The van der Waals surface area contributed by atoms with Gasteiger partial charge in [-0.05, 0) is 12.1 Å². The lowest BCUT2D eigenvalue weighted by Crippen LogP contribution is -2.27. The van der Waals surface area contributed by atoms with Crippen LogP contribution in [0, 0.1) is 0 Å². The average Bonchev–Trinajstić information content (AvgIpc) is 2.25. The number of methoxy groups -OCH3 is 1. The number of hydrogen-bond donors (Lipinski definition) is 2. The van der Waals surface area contributed by atoms with E-state index in [0.29, 0.717) is 24.1 Å². The van der Waals surface area contributed by atoms with Crippen molar-refractivity contribution in [2.75, 3.05) is 26.0 Å². The van der Waals surface area contributed by atoms with Crippen molar-refractivity contribution in [2.45, 2.75) is 19.9 Å². The normalized spacial score (nSPS) is 10.5. The molecule has 0 aromatic heterocycles. The van der Waals surface area contributed by atoms with E-state index in [4.69, 9.17) is 15.2 Å². The second kappa shape index (κ2) is 6.23. The van der Waals surface area contributed by atoms with Crippen molar-refractivity contribution in [3.8, 4) is 11.5 Å². The fourth-order valence-corrected chi connectivity index (χ4v) is 1.31. The largest absolute Gasteiger partial charge is 0.493 e. The van der Waals surface area contributed by atoms with Crippen molar-refractivity contribution in [1.82, 2.24) is 5.32 Å². The Labute approximate surface area is 96.7 Å². The van der Waals surface area contributed by atoms with E-state index in [1.807, 2.05) is 6.07 Å². The van der Waals surface area contributed by atoms with Crippen LogP contribution in [0.4, 0.5) is 5.69 Å². The molecule has 0 saturated carbocycles. The van der Waals surface area contributed by atoms with Gasteiger partial charge in [0.1, 0.15) is 6.61 Å². The Balaban J connectivity index is 2.47. The molecular formula is C12H20N2O2. The highest BCUT2D eigenvalue weighted by molar-refractivity contribution is 5.51. The maximum absolute atomic E-state index is 5.65. The van der Waals surface area contributed by atoms with Gasteiger partial charge in [-0.25, -0.2) is 0 Å². The molecule has 0 amide bonds. The third-order valence-electron chi connectivity index (χ3n) is 2.10. The molecule has 0 saturated heterocycles. The standard InChI is InChI=1S/C12H20N2O2/c1-9(2)14-6-7-16-11-5-4-10(13)8-12(11)15-3/h4-5,8-9,14H,6-7,13H2,1-3H3. The van der Waals surface area contributed by atoms with Gasteiger partial charge < -0.3 is 20.5 Å². The van der Waals surface area contributed by atoms with Crippen LogP contribution in [0.1, 0.15) is 13.8 Å². The monoisotopic (exact) mass is 224 g/mol. The van der Waals surface area contributed by atoms with Gasteiger partial charge in [-0.3, -0.25) is 0 Å². The predicted molar refractivity (Wildman–Crippen MR) is 66.0 cm³/mol. The maximum atomic E-state index is 5.65. The predicted octanol–water partition coefficient (Wildman–Crippen LogP) is 1.65. The summed E-state index contributed by atoms with van der Waals surface area (Å²) in [6, 6.07) is 5.85. The molecule has 1 rings (SSSR count). The second-order valence-corrected chi connectivity index (χ2v) is 3.87. The molecule has 0 radical (unpaired) electrons. The van der Waals surface area contributed by atoms with Crippen LogP contribution in [-0.4, -0.2) is 26.3 Å². The summed E-state index contributed by atoms with van der Waals surface area (Å²) in [6.45, 7) is 5.62. The Morgan fingerprint density at radius 2 is 2.06 bits per heavy atom. The van der Waals surface area contributed by atoms with Gasteiger partial charge in [-0.2, -0.15) is 0 Å². The molecular weight excluding hydrogens is 204 g/mol. The van der Waals surface area contributed by atoms with Crippen LogP contribution in [0.2, 0.25) is 0 Å². The van der Waals surface area contributed by atoms with Crippen molar-refractivity contribution < 1.29 is 9.47 Å². The molecule has 0 aliphatic rings. The summed E-state index contributed by atoms with van der Waals surface area (Å²) in [5.41, 5.74) is 6.32. The van der Waals surface area contributed by atoms with Gasteiger partial charge >= 0.3 is 0 Å². The molecule has 0 spiro atoms. The highest BCUT2D eigenvalue weighted by Gasteiger charge is 2.04. The third-order valence-corrected chi connectivity index (χ3v) is 2.10. The van der Waals surface area contributed by atoms with E-state index in [1.165, 1.54) is 0 Å². The zero-order valence-electron chi connectivity index (χ0n) is 10.1. The second-order valence-electron chi connectivity index (χ2n) is 3.87. The van der Waals surface area contributed by atoms with Gasteiger partial charge in [0, 0.05) is 24.3 Å². The number of benzene rings is 1. The summed E-state index contributed by atoms with van der Waals surface area (Å²) >= 11 is 0. The molecule has 16 heavy (non-hydrogen) atoms. The van der Waals surface area contributed by atoms with E-state index in [2.05, 4.69) is 19.2 Å². The third kappa shape index (κ3) is 3.98. The van der Waals surface area contributed by atoms with Crippen LogP contribution < -0.4 is 20.5 Å². The molecule has 1 aromatic carbocycles. The molecule has 0 atom stereocenters. The first-order valence-electron chi connectivity index (χ1n) is 5.43. The van der Waals surface area contributed by atoms with Crippen LogP contribution in [-0.2, 0) is 0 Å². The van der Waals surface area contributed by atoms with Crippen molar-refractivity contribution in [3.63, 3.8) is 0 Å². The summed E-state index contributed by atoms with van der Waals surface area (Å²) in [6.07, 6.45) is 0. The molecule has 4 nitrogen and oxygen atoms in total. The van der Waals surface area contributed by atoms with Gasteiger partial charge in [0.2, 0.25) is 0 Å². The number of nitrogen functional groups attached to an aromatic ring is 1. The number of nitrogens with one attached hydrogen (secondary N) is 1. The molecule has 90 valence electrons. The van der Waals surface area contributed by atoms with E-state index in [1.54, 1.807) is 19.2 Å². The molecule has 0 fully saturated rings. The first-order chi connectivity index (χ1) is 7.63. The summed E-state index contributed by atoms with van der Waals surface area (Å²) in [4.78, 5) is 0. The van der Waals surface area contributed by atoms with Crippen LogP contribution in [0.3, 0.4) is 0 Å². The minimum atomic E-state index is 0.469. The summed E-state index contributed by atoms with van der Waals surface area (Å²) in [7, 11) is 1.61. The number of ether oxygens (including phenoxy) is 2. The van der Waals surface area contributed by atoms with Crippen LogP contribution >= 0.6 is 0 Å². The lowest BCUT2D eigenvalue weighted by molar-refractivity contribution is 0.289. The molecule has 0 aliphatic carbocycles. The van der Waals surface area contributed by atoms with E-state index < -0.39 is 0 Å². The smallest absolute Gasteiger partial charge is 0.162 e. The minimum absolute atomic E-state index is 0.469. The number of nitrogens with two attached hydrogens (primary N) is 1. The topological polar surface area (TPSA) is 56.5 Å². The van der Waals surface area contributed by atoms with Crippen molar-refractivity contribution in [1.29, 1.82) is 0 Å². The Morgan fingerprint density at radius 3 is 2.69 bits per heavy atom. The van der Waals surface area contributed by atoms with E-state index in [-0.39, 0.29) is 0 Å². The van der Waals surface area contributed by atoms with Crippen LogP contribution in [0.25, 0.3) is 0 Å². The van der Waals surface area contributed by atoms with Crippen molar-refractivity contribution in [2.24, 2.45) is 0 Å². The summed E-state index contributed by atoms with van der Waals surface area (Å²) < 4.78 is 10.8. The van der Waals surface area contributed by atoms with Gasteiger partial charge in [0.25, 0.3) is 0 Å².